The summed E-state index contributed by atoms with van der Waals surface area (Å²) >= 11 is 0. The van der Waals surface area contributed by atoms with Gasteiger partial charge in [0.2, 0.25) is 0 Å². The zero-order valence-electron chi connectivity index (χ0n) is 7.05. The summed E-state index contributed by atoms with van der Waals surface area (Å²) < 4.78 is 0. The lowest BCUT2D eigenvalue weighted by molar-refractivity contribution is 0.292. The second-order valence-electron chi connectivity index (χ2n) is 3.16. The van der Waals surface area contributed by atoms with E-state index in [0.29, 0.717) is 6.42 Å². The molecular formula is C9H16N2. The van der Waals surface area contributed by atoms with Crippen molar-refractivity contribution >= 4 is 0 Å². The average Bonchev–Trinajstić information content (AvgIpc) is 2.28. The normalized spacial score (nSPS) is 20.6. The second kappa shape index (κ2) is 5.15. The largest absolute Gasteiger partial charge is 0.302 e. The Hall–Kier alpha value is -0.550. The van der Waals surface area contributed by atoms with Crippen LogP contribution < -0.4 is 0 Å². The van der Waals surface area contributed by atoms with Crippen molar-refractivity contribution in [3.63, 3.8) is 0 Å². The molecule has 0 radical (unpaired) electrons. The van der Waals surface area contributed by atoms with Crippen LogP contribution >= 0.6 is 0 Å². The molecule has 1 saturated heterocycles. The maximum atomic E-state index is 8.39. The van der Waals surface area contributed by atoms with Crippen molar-refractivity contribution in [2.75, 3.05) is 19.6 Å². The number of likely N-dealkylation sites (tertiary alicyclic amines) is 1. The minimum atomic E-state index is 0.694. The summed E-state index contributed by atoms with van der Waals surface area (Å²) in [5, 5.41) is 8.39. The highest BCUT2D eigenvalue weighted by atomic mass is 15.1. The predicted octanol–water partition coefficient (Wildman–Crippen LogP) is 1.78. The smallest absolute Gasteiger partial charge is 0.0635 e. The van der Waals surface area contributed by atoms with E-state index in [-0.39, 0.29) is 0 Å². The average molecular weight is 152 g/mol. The van der Waals surface area contributed by atoms with Gasteiger partial charge in [0.25, 0.3) is 0 Å². The predicted molar refractivity (Wildman–Crippen MR) is 45.1 cm³/mol. The molecule has 1 aliphatic heterocycles. The minimum absolute atomic E-state index is 0.694. The van der Waals surface area contributed by atoms with Crippen LogP contribution in [0.5, 0.6) is 0 Å². The van der Waals surface area contributed by atoms with E-state index in [1.54, 1.807) is 0 Å². The minimum Gasteiger partial charge on any atom is -0.302 e. The van der Waals surface area contributed by atoms with Gasteiger partial charge in [-0.2, -0.15) is 5.26 Å². The first-order valence-corrected chi connectivity index (χ1v) is 4.53. The molecule has 0 unspecified atom stereocenters. The van der Waals surface area contributed by atoms with E-state index in [9.17, 15) is 0 Å². The molecule has 2 heteroatoms. The van der Waals surface area contributed by atoms with Gasteiger partial charge < -0.3 is 4.90 Å². The highest BCUT2D eigenvalue weighted by Gasteiger charge is 2.07. The molecule has 0 atom stereocenters. The Morgan fingerprint density at radius 2 is 1.73 bits per heavy atom. The van der Waals surface area contributed by atoms with Gasteiger partial charge in [-0.1, -0.05) is 12.8 Å². The third-order valence-corrected chi connectivity index (χ3v) is 2.24. The molecule has 1 fully saturated rings. The summed E-state index contributed by atoms with van der Waals surface area (Å²) in [6.07, 6.45) is 6.10. The van der Waals surface area contributed by atoms with Crippen LogP contribution in [0.3, 0.4) is 0 Å². The van der Waals surface area contributed by atoms with E-state index in [1.807, 2.05) is 0 Å². The molecule has 0 bridgehead atoms. The van der Waals surface area contributed by atoms with Crippen molar-refractivity contribution < 1.29 is 0 Å². The summed E-state index contributed by atoms with van der Waals surface area (Å²) in [7, 11) is 0. The SMILES string of the molecule is N#CCCN1CCCCCC1. The van der Waals surface area contributed by atoms with Crippen molar-refractivity contribution in [1.82, 2.24) is 4.90 Å². The molecule has 62 valence electrons. The Balaban J connectivity index is 2.15. The Bertz CT molecular complexity index is 129. The van der Waals surface area contributed by atoms with E-state index >= 15 is 0 Å². The van der Waals surface area contributed by atoms with Crippen LogP contribution in [0.25, 0.3) is 0 Å². The molecule has 0 spiro atoms. The Morgan fingerprint density at radius 3 is 2.27 bits per heavy atom. The fourth-order valence-corrected chi connectivity index (χ4v) is 1.57. The van der Waals surface area contributed by atoms with Gasteiger partial charge in [0.1, 0.15) is 0 Å². The van der Waals surface area contributed by atoms with Crippen LogP contribution in [0, 0.1) is 11.3 Å². The molecule has 0 amide bonds. The van der Waals surface area contributed by atoms with Gasteiger partial charge in [-0.3, -0.25) is 0 Å². The lowest BCUT2D eigenvalue weighted by atomic mass is 10.2. The maximum absolute atomic E-state index is 8.39. The third kappa shape index (κ3) is 3.38. The molecule has 0 aromatic rings. The summed E-state index contributed by atoms with van der Waals surface area (Å²) in [6, 6.07) is 2.19. The molecule has 2 nitrogen and oxygen atoms in total. The monoisotopic (exact) mass is 152 g/mol. The van der Waals surface area contributed by atoms with Crippen molar-refractivity contribution in [2.45, 2.75) is 32.1 Å². The molecule has 0 N–H and O–H groups in total. The molecule has 0 aromatic carbocycles. The highest BCUT2D eigenvalue weighted by Crippen LogP contribution is 2.09. The van der Waals surface area contributed by atoms with E-state index in [2.05, 4.69) is 11.0 Å². The van der Waals surface area contributed by atoms with Gasteiger partial charge in [0, 0.05) is 13.0 Å². The first-order chi connectivity index (χ1) is 5.43. The van der Waals surface area contributed by atoms with Crippen LogP contribution in [0.15, 0.2) is 0 Å². The Kier molecular flexibility index (Phi) is 4.00. The number of nitriles is 1. The first-order valence-electron chi connectivity index (χ1n) is 4.53. The summed E-state index contributed by atoms with van der Waals surface area (Å²) in [5.74, 6) is 0. The lowest BCUT2D eigenvalue weighted by Crippen LogP contribution is -2.25. The zero-order chi connectivity index (χ0) is 7.94. The fraction of sp³-hybridized carbons (Fsp3) is 0.889. The standard InChI is InChI=1S/C9H16N2/c10-6-5-9-11-7-3-1-2-4-8-11/h1-5,7-9H2. The highest BCUT2D eigenvalue weighted by molar-refractivity contribution is 4.73. The van der Waals surface area contributed by atoms with Crippen LogP contribution in [-0.4, -0.2) is 24.5 Å². The quantitative estimate of drug-likeness (QED) is 0.603. The van der Waals surface area contributed by atoms with Crippen molar-refractivity contribution in [2.24, 2.45) is 0 Å². The van der Waals surface area contributed by atoms with Crippen molar-refractivity contribution in [3.8, 4) is 6.07 Å². The molecular weight excluding hydrogens is 136 g/mol. The maximum Gasteiger partial charge on any atom is 0.0635 e. The Morgan fingerprint density at radius 1 is 1.09 bits per heavy atom. The van der Waals surface area contributed by atoms with E-state index < -0.39 is 0 Å². The van der Waals surface area contributed by atoms with Gasteiger partial charge in [0.15, 0.2) is 0 Å². The molecule has 1 heterocycles. The molecule has 11 heavy (non-hydrogen) atoms. The van der Waals surface area contributed by atoms with Crippen LogP contribution in [0.1, 0.15) is 32.1 Å². The zero-order valence-corrected chi connectivity index (χ0v) is 7.05. The van der Waals surface area contributed by atoms with Gasteiger partial charge in [-0.15, -0.1) is 0 Å². The van der Waals surface area contributed by atoms with E-state index in [0.717, 1.165) is 6.54 Å². The van der Waals surface area contributed by atoms with Gasteiger partial charge >= 0.3 is 0 Å². The fourth-order valence-electron chi connectivity index (χ4n) is 1.57. The van der Waals surface area contributed by atoms with Gasteiger partial charge in [-0.05, 0) is 25.9 Å². The van der Waals surface area contributed by atoms with Gasteiger partial charge in [0.05, 0.1) is 6.07 Å². The summed E-state index contributed by atoms with van der Waals surface area (Å²) in [5.41, 5.74) is 0. The number of hydrogen-bond donors (Lipinski definition) is 0. The molecule has 1 rings (SSSR count). The van der Waals surface area contributed by atoms with Crippen LogP contribution in [0.2, 0.25) is 0 Å². The number of rotatable bonds is 2. The van der Waals surface area contributed by atoms with E-state index in [4.69, 9.17) is 5.26 Å². The topological polar surface area (TPSA) is 27.0 Å². The van der Waals surface area contributed by atoms with E-state index in [1.165, 1.54) is 38.8 Å². The second-order valence-corrected chi connectivity index (χ2v) is 3.16. The number of hydrogen-bond acceptors (Lipinski definition) is 2. The summed E-state index contributed by atoms with van der Waals surface area (Å²) in [4.78, 5) is 2.41. The molecule has 0 saturated carbocycles. The molecule has 0 aliphatic carbocycles. The number of nitrogens with zero attached hydrogens (tertiary/aromatic N) is 2. The lowest BCUT2D eigenvalue weighted by Gasteiger charge is -2.17. The molecule has 1 aliphatic rings. The van der Waals surface area contributed by atoms with Crippen LogP contribution in [-0.2, 0) is 0 Å². The summed E-state index contributed by atoms with van der Waals surface area (Å²) in [6.45, 7) is 3.40. The first kappa shape index (κ1) is 8.55. The third-order valence-electron chi connectivity index (χ3n) is 2.24. The van der Waals surface area contributed by atoms with Crippen LogP contribution in [0.4, 0.5) is 0 Å². The van der Waals surface area contributed by atoms with Crippen molar-refractivity contribution in [1.29, 1.82) is 5.26 Å². The van der Waals surface area contributed by atoms with Crippen molar-refractivity contribution in [3.05, 3.63) is 0 Å². The molecule has 0 aromatic heterocycles. The van der Waals surface area contributed by atoms with Gasteiger partial charge in [-0.25, -0.2) is 0 Å². The Labute approximate surface area is 68.8 Å².